The first kappa shape index (κ1) is 15.8. The summed E-state index contributed by atoms with van der Waals surface area (Å²) in [4.78, 5) is 11.8. The van der Waals surface area contributed by atoms with Crippen LogP contribution in [0, 0.1) is 0 Å². The van der Waals surface area contributed by atoms with Gasteiger partial charge in [-0.3, -0.25) is 4.79 Å². The van der Waals surface area contributed by atoms with Gasteiger partial charge in [0.15, 0.2) is 0 Å². The highest BCUT2D eigenvalue weighted by Crippen LogP contribution is 2.20. The van der Waals surface area contributed by atoms with Crippen LogP contribution in [0.4, 0.5) is 0 Å². The van der Waals surface area contributed by atoms with Gasteiger partial charge in [0.25, 0.3) is 0 Å². The molecule has 0 aliphatic carbocycles. The Kier molecular flexibility index (Phi) is 7.34. The van der Waals surface area contributed by atoms with Crippen molar-refractivity contribution >= 4 is 17.5 Å². The van der Waals surface area contributed by atoms with E-state index < -0.39 is 0 Å². The maximum Gasteiger partial charge on any atom is 0.220 e. The quantitative estimate of drug-likeness (QED) is 0.584. The van der Waals surface area contributed by atoms with E-state index in [9.17, 15) is 4.79 Å². The van der Waals surface area contributed by atoms with Gasteiger partial charge in [0.2, 0.25) is 5.91 Å². The summed E-state index contributed by atoms with van der Waals surface area (Å²) >= 11 is 5.60. The van der Waals surface area contributed by atoms with Gasteiger partial charge in [0.1, 0.15) is 5.75 Å². The molecule has 1 aromatic carbocycles. The van der Waals surface area contributed by atoms with Crippen LogP contribution >= 0.6 is 11.6 Å². The Hall–Kier alpha value is -1.22. The van der Waals surface area contributed by atoms with E-state index in [1.165, 1.54) is 0 Å². The number of unbranched alkanes of at least 4 members (excludes halogenated alkanes) is 1. The number of amides is 1. The molecule has 0 spiro atoms. The number of halogens is 1. The summed E-state index contributed by atoms with van der Waals surface area (Å²) in [5, 5.41) is 3.06. The molecule has 1 aromatic rings. The second-order valence-electron chi connectivity index (χ2n) is 4.45. The number of ether oxygens (including phenoxy) is 1. The third kappa shape index (κ3) is 5.52. The van der Waals surface area contributed by atoms with Crippen molar-refractivity contribution in [1.82, 2.24) is 5.32 Å². The van der Waals surface area contributed by atoms with Crippen molar-refractivity contribution in [3.05, 3.63) is 29.8 Å². The molecule has 1 rings (SSSR count). The van der Waals surface area contributed by atoms with Gasteiger partial charge in [-0.25, -0.2) is 0 Å². The maximum absolute atomic E-state index is 11.8. The Morgan fingerprint density at radius 1 is 1.32 bits per heavy atom. The van der Waals surface area contributed by atoms with Crippen LogP contribution < -0.4 is 10.1 Å². The lowest BCUT2D eigenvalue weighted by molar-refractivity contribution is -0.122. The smallest absolute Gasteiger partial charge is 0.220 e. The molecule has 0 aliphatic heterocycles. The lowest BCUT2D eigenvalue weighted by Gasteiger charge is -2.17. The molecule has 1 unspecified atom stereocenters. The fourth-order valence-corrected chi connectivity index (χ4v) is 2.09. The second-order valence-corrected chi connectivity index (χ2v) is 4.83. The van der Waals surface area contributed by atoms with Crippen molar-refractivity contribution in [2.45, 2.75) is 38.6 Å². The summed E-state index contributed by atoms with van der Waals surface area (Å²) in [6.45, 7) is 2.06. The van der Waals surface area contributed by atoms with Crippen LogP contribution in [0.2, 0.25) is 0 Å². The molecule has 3 nitrogen and oxygen atoms in total. The lowest BCUT2D eigenvalue weighted by atomic mass is 10.0. The SMILES string of the molecule is CCC(NC(=O)CCCCCl)c1ccc(OC)cc1. The van der Waals surface area contributed by atoms with Crippen LogP contribution in [0.1, 0.15) is 44.2 Å². The number of carbonyl (C=O) groups excluding carboxylic acids is 1. The number of hydrogen-bond donors (Lipinski definition) is 1. The van der Waals surface area contributed by atoms with Crippen molar-refractivity contribution in [3.63, 3.8) is 0 Å². The van der Waals surface area contributed by atoms with Crippen molar-refractivity contribution in [2.75, 3.05) is 13.0 Å². The van der Waals surface area contributed by atoms with E-state index >= 15 is 0 Å². The molecule has 1 amide bonds. The molecule has 0 heterocycles. The highest BCUT2D eigenvalue weighted by Gasteiger charge is 2.12. The zero-order valence-corrected chi connectivity index (χ0v) is 12.4. The van der Waals surface area contributed by atoms with Crippen molar-refractivity contribution in [2.24, 2.45) is 0 Å². The van der Waals surface area contributed by atoms with Crippen LogP contribution in [0.5, 0.6) is 5.75 Å². The molecule has 0 aliphatic rings. The first-order valence-electron chi connectivity index (χ1n) is 6.70. The van der Waals surface area contributed by atoms with Gasteiger partial charge in [0, 0.05) is 12.3 Å². The van der Waals surface area contributed by atoms with E-state index in [1.54, 1.807) is 7.11 Å². The zero-order chi connectivity index (χ0) is 14.1. The molecule has 1 atom stereocenters. The molecule has 4 heteroatoms. The van der Waals surface area contributed by atoms with Gasteiger partial charge < -0.3 is 10.1 Å². The molecule has 0 aromatic heterocycles. The predicted molar refractivity (Wildman–Crippen MR) is 78.7 cm³/mol. The van der Waals surface area contributed by atoms with Crippen LogP contribution in [-0.2, 0) is 4.79 Å². The van der Waals surface area contributed by atoms with E-state index in [2.05, 4.69) is 12.2 Å². The number of carbonyl (C=O) groups is 1. The molecule has 0 fully saturated rings. The first-order chi connectivity index (χ1) is 9.21. The fraction of sp³-hybridized carbons (Fsp3) is 0.533. The van der Waals surface area contributed by atoms with Crippen LogP contribution in [0.15, 0.2) is 24.3 Å². The summed E-state index contributed by atoms with van der Waals surface area (Å²) in [7, 11) is 1.64. The lowest BCUT2D eigenvalue weighted by Crippen LogP contribution is -2.27. The van der Waals surface area contributed by atoms with E-state index in [0.717, 1.165) is 30.6 Å². The summed E-state index contributed by atoms with van der Waals surface area (Å²) in [6.07, 6.45) is 3.13. The van der Waals surface area contributed by atoms with E-state index in [1.807, 2.05) is 24.3 Å². The molecule has 1 N–H and O–H groups in total. The molecule has 106 valence electrons. The maximum atomic E-state index is 11.8. The second kappa shape index (κ2) is 8.81. The number of hydrogen-bond acceptors (Lipinski definition) is 2. The normalized spacial score (nSPS) is 11.9. The van der Waals surface area contributed by atoms with Gasteiger partial charge in [-0.05, 0) is 37.0 Å². The first-order valence-corrected chi connectivity index (χ1v) is 7.24. The average molecular weight is 284 g/mol. The molecular formula is C15H22ClNO2. The summed E-state index contributed by atoms with van der Waals surface area (Å²) < 4.78 is 5.13. The molecule has 0 saturated carbocycles. The van der Waals surface area contributed by atoms with E-state index in [4.69, 9.17) is 16.3 Å². The summed E-state index contributed by atoms with van der Waals surface area (Å²) in [6, 6.07) is 7.88. The number of alkyl halides is 1. The van der Waals surface area contributed by atoms with Gasteiger partial charge in [-0.1, -0.05) is 19.1 Å². The number of nitrogens with one attached hydrogen (secondary N) is 1. The third-order valence-electron chi connectivity index (χ3n) is 3.05. The topological polar surface area (TPSA) is 38.3 Å². The minimum Gasteiger partial charge on any atom is -0.497 e. The minimum absolute atomic E-state index is 0.0643. The molecule has 0 saturated heterocycles. The highest BCUT2D eigenvalue weighted by molar-refractivity contribution is 6.17. The average Bonchev–Trinajstić information content (AvgIpc) is 2.45. The monoisotopic (exact) mass is 283 g/mol. The fourth-order valence-electron chi connectivity index (χ4n) is 1.90. The summed E-state index contributed by atoms with van der Waals surface area (Å²) in [5.41, 5.74) is 1.11. The summed E-state index contributed by atoms with van der Waals surface area (Å²) in [5.74, 6) is 1.53. The largest absolute Gasteiger partial charge is 0.497 e. The molecular weight excluding hydrogens is 262 g/mol. The van der Waals surface area contributed by atoms with Gasteiger partial charge in [-0.2, -0.15) is 0 Å². The zero-order valence-electron chi connectivity index (χ0n) is 11.6. The third-order valence-corrected chi connectivity index (χ3v) is 3.32. The Balaban J connectivity index is 2.54. The van der Waals surface area contributed by atoms with Crippen LogP contribution in [-0.4, -0.2) is 18.9 Å². The molecule has 0 radical (unpaired) electrons. The van der Waals surface area contributed by atoms with Crippen molar-refractivity contribution in [1.29, 1.82) is 0 Å². The Bertz CT molecular complexity index is 378. The van der Waals surface area contributed by atoms with Crippen LogP contribution in [0.25, 0.3) is 0 Å². The Morgan fingerprint density at radius 2 is 2.00 bits per heavy atom. The number of benzene rings is 1. The van der Waals surface area contributed by atoms with Crippen molar-refractivity contribution in [3.8, 4) is 5.75 Å². The number of methoxy groups -OCH3 is 1. The van der Waals surface area contributed by atoms with Gasteiger partial charge >= 0.3 is 0 Å². The predicted octanol–water partition coefficient (Wildman–Crippen LogP) is 3.67. The minimum atomic E-state index is 0.0643. The van der Waals surface area contributed by atoms with E-state index in [0.29, 0.717) is 12.3 Å². The highest BCUT2D eigenvalue weighted by atomic mass is 35.5. The molecule has 0 bridgehead atoms. The van der Waals surface area contributed by atoms with Crippen molar-refractivity contribution < 1.29 is 9.53 Å². The van der Waals surface area contributed by atoms with E-state index in [-0.39, 0.29) is 11.9 Å². The van der Waals surface area contributed by atoms with Gasteiger partial charge in [0.05, 0.1) is 13.2 Å². The standard InChI is InChI=1S/C15H22ClNO2/c1-3-14(17-15(18)6-4-5-11-16)12-7-9-13(19-2)10-8-12/h7-10,14H,3-6,11H2,1-2H3,(H,17,18). The van der Waals surface area contributed by atoms with Gasteiger partial charge in [-0.15, -0.1) is 11.6 Å². The molecule has 19 heavy (non-hydrogen) atoms. The van der Waals surface area contributed by atoms with Crippen LogP contribution in [0.3, 0.4) is 0 Å². The number of rotatable bonds is 8. The Labute approximate surface area is 120 Å². The Morgan fingerprint density at radius 3 is 2.53 bits per heavy atom.